The van der Waals surface area contributed by atoms with Crippen molar-refractivity contribution in [1.29, 1.82) is 0 Å². The van der Waals surface area contributed by atoms with Crippen molar-refractivity contribution in [2.24, 2.45) is 0 Å². The van der Waals surface area contributed by atoms with Crippen LogP contribution in [0.1, 0.15) is 11.8 Å². The highest BCUT2D eigenvalue weighted by Gasteiger charge is 2.47. The molecule has 0 saturated carbocycles. The third-order valence-electron chi connectivity index (χ3n) is 7.83. The summed E-state index contributed by atoms with van der Waals surface area (Å²) >= 11 is 0. The summed E-state index contributed by atoms with van der Waals surface area (Å²) in [5.41, 5.74) is 3.28. The number of hydrogen-bond acceptors (Lipinski definition) is 18. The van der Waals surface area contributed by atoms with E-state index >= 15 is 0 Å². The molecule has 3 aromatic heterocycles. The normalized spacial score (nSPS) is 29.4. The number of nitrogens with zero attached hydrogens (tertiary/aromatic N) is 4. The minimum absolute atomic E-state index is 0.0762. The number of rotatable bonds is 11. The van der Waals surface area contributed by atoms with Gasteiger partial charge < -0.3 is 53.8 Å². The summed E-state index contributed by atoms with van der Waals surface area (Å²) in [4.78, 5) is 23.7. The summed E-state index contributed by atoms with van der Waals surface area (Å²) < 4.78 is 105. The number of aliphatic hydroxyl groups is 4. The first kappa shape index (κ1) is 37.2. The van der Waals surface area contributed by atoms with Crippen LogP contribution in [0.25, 0.3) is 22.1 Å². The monoisotopic (exact) mass is 767 g/mol. The molecule has 6 rings (SSSR count). The molecule has 1 aromatic carbocycles. The van der Waals surface area contributed by atoms with Crippen LogP contribution in [0.5, 0.6) is 5.75 Å². The molecule has 19 nitrogen and oxygen atoms in total. The number of fused-ring (bicyclic) bond motifs is 2. The van der Waals surface area contributed by atoms with Gasteiger partial charge in [-0.15, -0.1) is 0 Å². The highest BCUT2D eigenvalue weighted by atomic mass is 31.3. The van der Waals surface area contributed by atoms with Gasteiger partial charge in [0.15, 0.2) is 17.7 Å². The molecule has 0 bridgehead atoms. The summed E-state index contributed by atoms with van der Waals surface area (Å²) in [6.45, 7) is 0.605. The lowest BCUT2D eigenvalue weighted by Gasteiger charge is -2.23. The Kier molecular flexibility index (Phi) is 10.1. The molecule has 2 saturated heterocycles. The summed E-state index contributed by atoms with van der Waals surface area (Å²) in [5.74, 6) is -0.115. The van der Waals surface area contributed by atoms with E-state index in [2.05, 4.69) is 15.0 Å². The van der Waals surface area contributed by atoms with E-state index in [0.29, 0.717) is 6.07 Å². The summed E-state index contributed by atoms with van der Waals surface area (Å²) in [6.07, 6.45) is -14.3. The number of benzene rings is 1. The molecule has 0 amide bonds. The Labute approximate surface area is 283 Å². The Morgan fingerprint density at radius 2 is 1.57 bits per heavy atom. The van der Waals surface area contributed by atoms with E-state index in [-0.39, 0.29) is 22.7 Å². The van der Waals surface area contributed by atoms with Gasteiger partial charge in [0.2, 0.25) is 6.29 Å². The highest BCUT2D eigenvalue weighted by Crippen LogP contribution is 2.61. The smallest absolute Gasteiger partial charge is 0.417 e. The zero-order chi connectivity index (χ0) is 37.0. The number of aromatic nitrogens is 4. The third-order valence-corrected chi connectivity index (χ3v) is 11.4. The Balaban J connectivity index is 1.03. The van der Waals surface area contributed by atoms with Crippen molar-refractivity contribution in [3.63, 3.8) is 0 Å². The standard InChI is InChI=1S/C27H30F3N5O14P2/c1-50(41,43-7-15-19(37)21(39)25(47-15)35-10-34-18-23(31)32-9-33-24(18)35)49-51(2,42)44-8-16-20(38)22(40)26(48-16)45-11-3-4-12-13(27(28,29)30)6-17(36)46-14(12)5-11/h3-6,9-10,15-16,19-22,25-26,37-40H,7-8H2,1-2H3,(H2,31,32,33)/t15?,16-,19-,20-,21-,22-,25-,26?,50?,51?/m1/s1. The molecule has 2 fully saturated rings. The van der Waals surface area contributed by atoms with Crippen molar-refractivity contribution in [3.05, 3.63) is 52.9 Å². The van der Waals surface area contributed by atoms with Crippen molar-refractivity contribution >= 4 is 43.1 Å². The molecular weight excluding hydrogens is 737 g/mol. The second-order valence-corrected chi connectivity index (χ2v) is 15.9. The lowest BCUT2D eigenvalue weighted by Crippen LogP contribution is -2.35. The SMILES string of the molecule is CP(=O)(OCC1O[C@@H](n2cnc3c(N)ncnc32)[C@H](O)[C@@H]1O)OP(C)(=O)OC[C@H]1OC(Oc2ccc3c(C(F)(F)F)cc(=O)oc3c2)[C@H](O)[C@@H]1O. The highest BCUT2D eigenvalue weighted by molar-refractivity contribution is 7.66. The number of imidazole rings is 1. The van der Waals surface area contributed by atoms with Gasteiger partial charge in [0.05, 0.1) is 25.1 Å². The van der Waals surface area contributed by atoms with Crippen LogP contribution in [-0.2, 0) is 38.1 Å². The van der Waals surface area contributed by atoms with E-state index in [1.54, 1.807) is 0 Å². The van der Waals surface area contributed by atoms with Crippen LogP contribution in [0.4, 0.5) is 19.0 Å². The predicted octanol–water partition coefficient (Wildman–Crippen LogP) is 1.37. The molecule has 2 aliphatic heterocycles. The summed E-state index contributed by atoms with van der Waals surface area (Å²) in [7, 11) is -8.47. The topological polar surface area (TPSA) is 270 Å². The average molecular weight is 768 g/mol. The Morgan fingerprint density at radius 3 is 2.24 bits per heavy atom. The second-order valence-electron chi connectivity index (χ2n) is 11.6. The number of anilines is 1. The molecule has 2 aliphatic rings. The molecule has 4 unspecified atom stereocenters. The number of ether oxygens (including phenoxy) is 3. The minimum atomic E-state index is -4.84. The lowest BCUT2D eigenvalue weighted by atomic mass is 10.1. The number of alkyl halides is 3. The van der Waals surface area contributed by atoms with Gasteiger partial charge in [-0.3, -0.25) is 13.7 Å². The van der Waals surface area contributed by atoms with Gasteiger partial charge in [-0.25, -0.2) is 24.1 Å². The fourth-order valence-electron chi connectivity index (χ4n) is 5.42. The first-order valence-electron chi connectivity index (χ1n) is 14.8. The maximum absolute atomic E-state index is 13.4. The second kappa shape index (κ2) is 13.8. The van der Waals surface area contributed by atoms with Crippen LogP contribution in [0.2, 0.25) is 0 Å². The van der Waals surface area contributed by atoms with E-state index in [4.69, 9.17) is 37.7 Å². The fourth-order valence-corrected chi connectivity index (χ4v) is 8.79. The van der Waals surface area contributed by atoms with Crippen LogP contribution in [0.15, 0.2) is 46.1 Å². The van der Waals surface area contributed by atoms with Crippen molar-refractivity contribution in [1.82, 2.24) is 19.5 Å². The molecule has 5 heterocycles. The van der Waals surface area contributed by atoms with Crippen LogP contribution in [0.3, 0.4) is 0 Å². The molecule has 278 valence electrons. The van der Waals surface area contributed by atoms with Gasteiger partial charge in [0, 0.05) is 30.8 Å². The number of aliphatic hydroxyl groups excluding tert-OH is 4. The van der Waals surface area contributed by atoms with E-state index < -0.39 is 106 Å². The van der Waals surface area contributed by atoms with E-state index in [1.165, 1.54) is 17.2 Å². The van der Waals surface area contributed by atoms with Crippen LogP contribution >= 0.6 is 15.2 Å². The first-order valence-corrected chi connectivity index (χ1v) is 18.7. The van der Waals surface area contributed by atoms with Crippen LogP contribution in [0, 0.1) is 0 Å². The minimum Gasteiger partial charge on any atom is -0.462 e. The molecule has 24 heteroatoms. The van der Waals surface area contributed by atoms with Crippen LogP contribution in [-0.4, -0.2) is 109 Å². The van der Waals surface area contributed by atoms with Crippen molar-refractivity contribution in [2.75, 3.05) is 32.3 Å². The van der Waals surface area contributed by atoms with Crippen molar-refractivity contribution in [2.45, 2.75) is 55.3 Å². The molecule has 0 radical (unpaired) electrons. The van der Waals surface area contributed by atoms with E-state index in [0.717, 1.165) is 31.5 Å². The molecule has 0 aliphatic carbocycles. The summed E-state index contributed by atoms with van der Waals surface area (Å²) in [5, 5.41) is 41.7. The molecule has 4 aromatic rings. The maximum atomic E-state index is 13.4. The molecule has 0 spiro atoms. The van der Waals surface area contributed by atoms with E-state index in [9.17, 15) is 47.5 Å². The van der Waals surface area contributed by atoms with E-state index in [1.807, 2.05) is 0 Å². The fraction of sp³-hybridized carbons (Fsp3) is 0.481. The molecule has 51 heavy (non-hydrogen) atoms. The Morgan fingerprint density at radius 1 is 0.922 bits per heavy atom. The number of halogens is 3. The lowest BCUT2D eigenvalue weighted by molar-refractivity contribution is -0.136. The number of hydrogen-bond donors (Lipinski definition) is 5. The number of nitrogens with two attached hydrogens (primary N) is 1. The quantitative estimate of drug-likeness (QED) is 0.107. The third kappa shape index (κ3) is 7.81. The van der Waals surface area contributed by atoms with Gasteiger partial charge in [-0.05, 0) is 12.1 Å². The zero-order valence-electron chi connectivity index (χ0n) is 26.3. The molecule has 10 atom stereocenters. The predicted molar refractivity (Wildman–Crippen MR) is 164 cm³/mol. The maximum Gasteiger partial charge on any atom is 0.417 e. The van der Waals surface area contributed by atoms with Crippen LogP contribution < -0.4 is 16.1 Å². The van der Waals surface area contributed by atoms with Crippen molar-refractivity contribution in [3.8, 4) is 5.75 Å². The average Bonchev–Trinajstić information content (AvgIpc) is 3.68. The largest absolute Gasteiger partial charge is 0.462 e. The molecular formula is C27H30F3N5O14P2. The number of nitrogen functional groups attached to an aromatic ring is 1. The van der Waals surface area contributed by atoms with Gasteiger partial charge in [-0.1, -0.05) is 0 Å². The molecule has 6 N–H and O–H groups in total. The van der Waals surface area contributed by atoms with Gasteiger partial charge in [-0.2, -0.15) is 13.2 Å². The Hall–Kier alpha value is -3.53. The first-order chi connectivity index (χ1) is 23.8. The van der Waals surface area contributed by atoms with Gasteiger partial charge in [0.25, 0.3) is 0 Å². The van der Waals surface area contributed by atoms with Gasteiger partial charge in [0.1, 0.15) is 59.8 Å². The Bertz CT molecular complexity index is 2080. The van der Waals surface area contributed by atoms with Gasteiger partial charge >= 0.3 is 27.0 Å². The van der Waals surface area contributed by atoms with Crippen molar-refractivity contribution < 1.29 is 74.7 Å². The summed E-state index contributed by atoms with van der Waals surface area (Å²) in [6, 6.07) is 3.35. The zero-order valence-corrected chi connectivity index (χ0v) is 28.1.